The Morgan fingerprint density at radius 2 is 2.31 bits per heavy atom. The van der Waals surface area contributed by atoms with Gasteiger partial charge in [0.2, 0.25) is 0 Å². The zero-order valence-corrected chi connectivity index (χ0v) is 10.3. The molecule has 0 saturated carbocycles. The maximum atomic E-state index is 12.0. The number of hydrogen-bond donors (Lipinski definition) is 0. The van der Waals surface area contributed by atoms with E-state index in [0.29, 0.717) is 0 Å². The molecule has 0 aromatic heterocycles. The summed E-state index contributed by atoms with van der Waals surface area (Å²) in [4.78, 5) is 13.8. The van der Waals surface area contributed by atoms with Crippen molar-refractivity contribution < 1.29 is 8.98 Å². The van der Waals surface area contributed by atoms with Crippen LogP contribution in [0, 0.1) is 6.92 Å². The average Bonchev–Trinajstić information content (AvgIpc) is 2.61. The Bertz CT molecular complexity index is 394. The van der Waals surface area contributed by atoms with E-state index in [1.165, 1.54) is 17.6 Å². The highest BCUT2D eigenvalue weighted by Gasteiger charge is 2.33. The van der Waals surface area contributed by atoms with E-state index in [4.69, 9.17) is 4.18 Å². The van der Waals surface area contributed by atoms with Crippen molar-refractivity contribution in [3.8, 4) is 0 Å². The molecule has 1 saturated heterocycles. The van der Waals surface area contributed by atoms with Gasteiger partial charge in [-0.3, -0.25) is 4.79 Å². The SMILES string of the molecule is CSOC1CCN(c2cccc(C)c2)C1=O. The van der Waals surface area contributed by atoms with Crippen molar-refractivity contribution in [3.63, 3.8) is 0 Å². The second-order valence-corrected chi connectivity index (χ2v) is 4.39. The van der Waals surface area contributed by atoms with Crippen LogP contribution in [0.25, 0.3) is 0 Å². The highest BCUT2D eigenvalue weighted by atomic mass is 32.2. The third-order valence-corrected chi connectivity index (χ3v) is 3.11. The van der Waals surface area contributed by atoms with Crippen molar-refractivity contribution in [3.05, 3.63) is 29.8 Å². The van der Waals surface area contributed by atoms with Gasteiger partial charge < -0.3 is 9.08 Å². The standard InChI is InChI=1S/C12H15NO2S/c1-9-4-3-5-10(8-9)13-7-6-11(12(13)14)15-16-2/h3-5,8,11H,6-7H2,1-2H3. The summed E-state index contributed by atoms with van der Waals surface area (Å²) in [7, 11) is 0. The molecule has 0 bridgehead atoms. The van der Waals surface area contributed by atoms with Crippen molar-refractivity contribution >= 4 is 23.6 Å². The first-order chi connectivity index (χ1) is 7.72. The Labute approximate surface area is 100.0 Å². The fourth-order valence-corrected chi connectivity index (χ4v) is 2.32. The number of benzene rings is 1. The molecule has 3 nitrogen and oxygen atoms in total. The minimum absolute atomic E-state index is 0.0694. The van der Waals surface area contributed by atoms with E-state index < -0.39 is 0 Å². The molecule has 1 aliphatic heterocycles. The molecule has 0 radical (unpaired) electrons. The van der Waals surface area contributed by atoms with Crippen LogP contribution in [-0.4, -0.2) is 24.8 Å². The average molecular weight is 237 g/mol. The molecule has 1 aromatic carbocycles. The predicted octanol–water partition coefficient (Wildman–Crippen LogP) is 2.39. The van der Waals surface area contributed by atoms with Gasteiger partial charge in [-0.15, -0.1) is 0 Å². The van der Waals surface area contributed by atoms with Crippen LogP contribution < -0.4 is 4.90 Å². The summed E-state index contributed by atoms with van der Waals surface area (Å²) >= 11 is 1.26. The van der Waals surface area contributed by atoms with Crippen LogP contribution in [0.5, 0.6) is 0 Å². The molecule has 16 heavy (non-hydrogen) atoms. The summed E-state index contributed by atoms with van der Waals surface area (Å²) < 4.78 is 5.32. The lowest BCUT2D eigenvalue weighted by molar-refractivity contribution is -0.122. The van der Waals surface area contributed by atoms with Crippen LogP contribution in [0.4, 0.5) is 5.69 Å². The lowest BCUT2D eigenvalue weighted by atomic mass is 10.2. The Morgan fingerprint density at radius 3 is 3.00 bits per heavy atom. The molecule has 1 fully saturated rings. The second-order valence-electron chi connectivity index (χ2n) is 3.87. The van der Waals surface area contributed by atoms with Crippen LogP contribution in [0.15, 0.2) is 24.3 Å². The molecule has 0 aliphatic carbocycles. The molecule has 2 rings (SSSR count). The predicted molar refractivity (Wildman–Crippen MR) is 66.5 cm³/mol. The minimum Gasteiger partial charge on any atom is -0.310 e. The Hall–Kier alpha value is -1.00. The van der Waals surface area contributed by atoms with Crippen LogP contribution in [0.1, 0.15) is 12.0 Å². The van der Waals surface area contributed by atoms with Crippen LogP contribution >= 0.6 is 12.0 Å². The Morgan fingerprint density at radius 1 is 1.50 bits per heavy atom. The van der Waals surface area contributed by atoms with Crippen molar-refractivity contribution in [1.29, 1.82) is 0 Å². The van der Waals surface area contributed by atoms with E-state index in [1.54, 1.807) is 4.90 Å². The number of nitrogens with zero attached hydrogens (tertiary/aromatic N) is 1. The van der Waals surface area contributed by atoms with Gasteiger partial charge in [0.1, 0.15) is 0 Å². The quantitative estimate of drug-likeness (QED) is 0.756. The molecule has 1 aromatic rings. The summed E-state index contributed by atoms with van der Waals surface area (Å²) in [6.07, 6.45) is 2.33. The molecule has 86 valence electrons. The van der Waals surface area contributed by atoms with Crippen LogP contribution in [-0.2, 0) is 8.98 Å². The normalized spacial score (nSPS) is 20.5. The molecule has 1 unspecified atom stereocenters. The molecular formula is C12H15NO2S. The molecule has 0 spiro atoms. The Balaban J connectivity index is 2.15. The van der Waals surface area contributed by atoms with Gasteiger partial charge in [0.25, 0.3) is 5.91 Å². The van der Waals surface area contributed by atoms with E-state index in [0.717, 1.165) is 18.7 Å². The first-order valence-corrected chi connectivity index (χ1v) is 6.45. The lowest BCUT2D eigenvalue weighted by Gasteiger charge is -2.16. The molecule has 1 amide bonds. The number of amides is 1. The number of carbonyl (C=O) groups is 1. The van der Waals surface area contributed by atoms with Crippen LogP contribution in [0.3, 0.4) is 0 Å². The fourth-order valence-electron chi connectivity index (χ4n) is 1.91. The van der Waals surface area contributed by atoms with Gasteiger partial charge in [-0.2, -0.15) is 0 Å². The number of carbonyl (C=O) groups excluding carboxylic acids is 1. The summed E-state index contributed by atoms with van der Waals surface area (Å²) in [5.41, 5.74) is 2.14. The Kier molecular flexibility index (Phi) is 3.51. The molecule has 1 heterocycles. The van der Waals surface area contributed by atoms with Crippen LogP contribution in [0.2, 0.25) is 0 Å². The number of rotatable bonds is 3. The first-order valence-electron chi connectivity index (χ1n) is 5.30. The van der Waals surface area contributed by atoms with Crippen molar-refractivity contribution in [2.24, 2.45) is 0 Å². The van der Waals surface area contributed by atoms with Crippen molar-refractivity contribution in [2.75, 3.05) is 17.7 Å². The van der Waals surface area contributed by atoms with E-state index in [-0.39, 0.29) is 12.0 Å². The van der Waals surface area contributed by atoms with Gasteiger partial charge in [0, 0.05) is 24.9 Å². The number of hydrogen-bond acceptors (Lipinski definition) is 3. The van der Waals surface area contributed by atoms with E-state index in [1.807, 2.05) is 37.4 Å². The van der Waals surface area contributed by atoms with Gasteiger partial charge in [0.05, 0.1) is 0 Å². The number of aryl methyl sites for hydroxylation is 1. The summed E-state index contributed by atoms with van der Waals surface area (Å²) in [6.45, 7) is 2.77. The third-order valence-electron chi connectivity index (χ3n) is 2.68. The smallest absolute Gasteiger partial charge is 0.257 e. The van der Waals surface area contributed by atoms with E-state index in [2.05, 4.69) is 0 Å². The fraction of sp³-hybridized carbons (Fsp3) is 0.417. The minimum atomic E-state index is -0.282. The third kappa shape index (κ3) is 2.23. The molecule has 1 atom stereocenters. The zero-order chi connectivity index (χ0) is 11.5. The molecular weight excluding hydrogens is 222 g/mol. The first kappa shape index (κ1) is 11.5. The zero-order valence-electron chi connectivity index (χ0n) is 9.47. The maximum Gasteiger partial charge on any atom is 0.257 e. The topological polar surface area (TPSA) is 29.5 Å². The maximum absolute atomic E-state index is 12.0. The molecule has 0 N–H and O–H groups in total. The largest absolute Gasteiger partial charge is 0.310 e. The number of anilines is 1. The van der Waals surface area contributed by atoms with Gasteiger partial charge in [-0.1, -0.05) is 12.1 Å². The van der Waals surface area contributed by atoms with Crippen molar-refractivity contribution in [2.45, 2.75) is 19.4 Å². The summed E-state index contributed by atoms with van der Waals surface area (Å²) in [5.74, 6) is 0.0694. The molecule has 4 heteroatoms. The van der Waals surface area contributed by atoms with Crippen molar-refractivity contribution in [1.82, 2.24) is 0 Å². The lowest BCUT2D eigenvalue weighted by Crippen LogP contribution is -2.29. The van der Waals surface area contributed by atoms with E-state index >= 15 is 0 Å². The monoisotopic (exact) mass is 237 g/mol. The summed E-state index contributed by atoms with van der Waals surface area (Å²) in [5, 5.41) is 0. The highest BCUT2D eigenvalue weighted by Crippen LogP contribution is 2.25. The highest BCUT2D eigenvalue weighted by molar-refractivity contribution is 7.93. The van der Waals surface area contributed by atoms with Gasteiger partial charge in [-0.25, -0.2) is 0 Å². The van der Waals surface area contributed by atoms with E-state index in [9.17, 15) is 4.79 Å². The second kappa shape index (κ2) is 4.89. The van der Waals surface area contributed by atoms with Gasteiger partial charge >= 0.3 is 0 Å². The molecule has 1 aliphatic rings. The summed E-state index contributed by atoms with van der Waals surface area (Å²) in [6, 6.07) is 7.99. The van der Waals surface area contributed by atoms with Gasteiger partial charge in [-0.05, 0) is 36.7 Å². The van der Waals surface area contributed by atoms with Gasteiger partial charge in [0.15, 0.2) is 6.10 Å².